The molecule has 2 heterocycles. The Kier molecular flexibility index (Phi) is 3.78. The van der Waals surface area contributed by atoms with Gasteiger partial charge in [-0.2, -0.15) is 5.10 Å². The third kappa shape index (κ3) is 2.59. The van der Waals surface area contributed by atoms with E-state index < -0.39 is 4.92 Å². The number of ether oxygens (including phenoxy) is 1. The molecule has 1 aliphatic heterocycles. The van der Waals surface area contributed by atoms with E-state index in [-0.39, 0.29) is 11.7 Å². The van der Waals surface area contributed by atoms with Gasteiger partial charge >= 0.3 is 5.69 Å². The number of anilines is 1. The standard InChI is InChI=1S/C10H17N5O3/c1-7-9(15(16)17)10(14(2)13-7)12-5-8-6-18-4-3-11-8/h8,11-12H,3-6H2,1-2H3. The number of nitrogens with one attached hydrogen (secondary N) is 2. The van der Waals surface area contributed by atoms with E-state index in [1.807, 2.05) is 0 Å². The van der Waals surface area contributed by atoms with Crippen molar-refractivity contribution < 1.29 is 9.66 Å². The molecule has 8 heteroatoms. The van der Waals surface area contributed by atoms with E-state index in [9.17, 15) is 10.1 Å². The summed E-state index contributed by atoms with van der Waals surface area (Å²) in [4.78, 5) is 10.6. The molecule has 2 rings (SSSR count). The van der Waals surface area contributed by atoms with Gasteiger partial charge in [0.15, 0.2) is 0 Å². The van der Waals surface area contributed by atoms with Crippen molar-refractivity contribution in [3.8, 4) is 0 Å². The first-order valence-corrected chi connectivity index (χ1v) is 5.82. The predicted molar refractivity (Wildman–Crippen MR) is 65.7 cm³/mol. The van der Waals surface area contributed by atoms with Crippen LogP contribution < -0.4 is 10.6 Å². The second kappa shape index (κ2) is 5.32. The number of aryl methyl sites for hydroxylation is 2. The zero-order chi connectivity index (χ0) is 13.1. The van der Waals surface area contributed by atoms with E-state index in [4.69, 9.17) is 4.74 Å². The van der Waals surface area contributed by atoms with Crippen LogP contribution in [-0.2, 0) is 11.8 Å². The molecule has 18 heavy (non-hydrogen) atoms. The molecule has 0 radical (unpaired) electrons. The van der Waals surface area contributed by atoms with Crippen molar-refractivity contribution in [3.05, 3.63) is 15.8 Å². The molecule has 1 aromatic heterocycles. The van der Waals surface area contributed by atoms with Crippen molar-refractivity contribution in [3.63, 3.8) is 0 Å². The zero-order valence-electron chi connectivity index (χ0n) is 10.5. The molecule has 1 aromatic rings. The summed E-state index contributed by atoms with van der Waals surface area (Å²) >= 11 is 0. The van der Waals surface area contributed by atoms with Crippen LogP contribution in [0.2, 0.25) is 0 Å². The van der Waals surface area contributed by atoms with Gasteiger partial charge in [0.2, 0.25) is 5.82 Å². The summed E-state index contributed by atoms with van der Waals surface area (Å²) in [5.74, 6) is 0.435. The van der Waals surface area contributed by atoms with Crippen LogP contribution in [0.1, 0.15) is 5.69 Å². The Morgan fingerprint density at radius 1 is 1.72 bits per heavy atom. The lowest BCUT2D eigenvalue weighted by Crippen LogP contribution is -2.45. The molecular formula is C10H17N5O3. The lowest BCUT2D eigenvalue weighted by molar-refractivity contribution is -0.384. The lowest BCUT2D eigenvalue weighted by atomic mass is 10.2. The molecule has 1 saturated heterocycles. The number of aromatic nitrogens is 2. The first-order chi connectivity index (χ1) is 8.59. The van der Waals surface area contributed by atoms with Crippen molar-refractivity contribution in [2.45, 2.75) is 13.0 Å². The molecule has 0 aromatic carbocycles. The Morgan fingerprint density at radius 3 is 3.11 bits per heavy atom. The second-order valence-electron chi connectivity index (χ2n) is 4.27. The highest BCUT2D eigenvalue weighted by atomic mass is 16.6. The van der Waals surface area contributed by atoms with E-state index in [0.29, 0.717) is 31.3 Å². The number of hydrogen-bond acceptors (Lipinski definition) is 6. The fourth-order valence-corrected chi connectivity index (χ4v) is 2.03. The van der Waals surface area contributed by atoms with E-state index in [1.54, 1.807) is 14.0 Å². The first kappa shape index (κ1) is 12.8. The Labute approximate surface area is 104 Å². The largest absolute Gasteiger partial charge is 0.378 e. The van der Waals surface area contributed by atoms with Gasteiger partial charge in [0, 0.05) is 26.2 Å². The second-order valence-corrected chi connectivity index (χ2v) is 4.27. The highest BCUT2D eigenvalue weighted by molar-refractivity contribution is 5.59. The maximum atomic E-state index is 11.0. The van der Waals surface area contributed by atoms with Gasteiger partial charge in [0.05, 0.1) is 18.1 Å². The number of hydrogen-bond donors (Lipinski definition) is 2. The van der Waals surface area contributed by atoms with Crippen LogP contribution in [0.3, 0.4) is 0 Å². The van der Waals surface area contributed by atoms with E-state index in [1.165, 1.54) is 4.68 Å². The molecule has 1 aliphatic rings. The van der Waals surface area contributed by atoms with Gasteiger partial charge in [-0.25, -0.2) is 4.68 Å². The normalized spacial score (nSPS) is 19.8. The van der Waals surface area contributed by atoms with Crippen LogP contribution in [0.5, 0.6) is 0 Å². The lowest BCUT2D eigenvalue weighted by Gasteiger charge is -2.24. The molecule has 0 spiro atoms. The fraction of sp³-hybridized carbons (Fsp3) is 0.700. The van der Waals surface area contributed by atoms with Crippen molar-refractivity contribution in [2.75, 3.05) is 31.6 Å². The minimum absolute atomic E-state index is 0.0363. The summed E-state index contributed by atoms with van der Waals surface area (Å²) in [6.07, 6.45) is 0. The topological polar surface area (TPSA) is 94.2 Å². The van der Waals surface area contributed by atoms with Crippen LogP contribution in [0.15, 0.2) is 0 Å². The number of nitrogens with zero attached hydrogens (tertiary/aromatic N) is 3. The number of nitro groups is 1. The molecular weight excluding hydrogens is 238 g/mol. The number of morpholine rings is 1. The molecule has 0 aliphatic carbocycles. The quantitative estimate of drug-likeness (QED) is 0.582. The smallest absolute Gasteiger partial charge is 0.333 e. The number of rotatable bonds is 4. The molecule has 8 nitrogen and oxygen atoms in total. The summed E-state index contributed by atoms with van der Waals surface area (Å²) in [5, 5.41) is 21.4. The molecule has 0 saturated carbocycles. The maximum absolute atomic E-state index is 11.0. The fourth-order valence-electron chi connectivity index (χ4n) is 2.03. The average Bonchev–Trinajstić information content (AvgIpc) is 2.62. The summed E-state index contributed by atoms with van der Waals surface area (Å²) in [6.45, 7) is 4.32. The highest BCUT2D eigenvalue weighted by Gasteiger charge is 2.24. The zero-order valence-corrected chi connectivity index (χ0v) is 10.5. The molecule has 2 N–H and O–H groups in total. The van der Waals surface area contributed by atoms with Gasteiger partial charge < -0.3 is 15.4 Å². The Morgan fingerprint density at radius 2 is 2.50 bits per heavy atom. The molecule has 1 fully saturated rings. The molecule has 1 atom stereocenters. The summed E-state index contributed by atoms with van der Waals surface area (Å²) in [6, 6.07) is 0.161. The summed E-state index contributed by atoms with van der Waals surface area (Å²) < 4.78 is 6.82. The first-order valence-electron chi connectivity index (χ1n) is 5.82. The monoisotopic (exact) mass is 255 g/mol. The van der Waals surface area contributed by atoms with Gasteiger partial charge in [-0.05, 0) is 6.92 Å². The van der Waals surface area contributed by atoms with E-state index >= 15 is 0 Å². The van der Waals surface area contributed by atoms with Gasteiger partial charge in [0.1, 0.15) is 5.69 Å². The van der Waals surface area contributed by atoms with Gasteiger partial charge in [-0.1, -0.05) is 0 Å². The van der Waals surface area contributed by atoms with Crippen LogP contribution in [0.4, 0.5) is 11.5 Å². The van der Waals surface area contributed by atoms with Crippen LogP contribution in [-0.4, -0.2) is 47.0 Å². The van der Waals surface area contributed by atoms with Crippen molar-refractivity contribution in [1.29, 1.82) is 0 Å². The Bertz CT molecular complexity index is 439. The van der Waals surface area contributed by atoms with Gasteiger partial charge in [-0.3, -0.25) is 10.1 Å². The Balaban J connectivity index is 2.06. The molecule has 0 amide bonds. The summed E-state index contributed by atoms with van der Waals surface area (Å²) in [7, 11) is 1.69. The molecule has 1 unspecified atom stereocenters. The molecule has 0 bridgehead atoms. The van der Waals surface area contributed by atoms with Crippen LogP contribution in [0, 0.1) is 17.0 Å². The minimum Gasteiger partial charge on any atom is -0.378 e. The predicted octanol–water partition coefficient (Wildman–Crippen LogP) is 0.0370. The van der Waals surface area contributed by atoms with Crippen LogP contribution >= 0.6 is 0 Å². The van der Waals surface area contributed by atoms with Crippen LogP contribution in [0.25, 0.3) is 0 Å². The van der Waals surface area contributed by atoms with Crippen molar-refractivity contribution in [2.24, 2.45) is 7.05 Å². The van der Waals surface area contributed by atoms with Gasteiger partial charge in [-0.15, -0.1) is 0 Å². The summed E-state index contributed by atoms with van der Waals surface area (Å²) in [5.41, 5.74) is 0.451. The maximum Gasteiger partial charge on any atom is 0.333 e. The van der Waals surface area contributed by atoms with Crippen molar-refractivity contribution >= 4 is 11.5 Å². The van der Waals surface area contributed by atoms with E-state index in [0.717, 1.165) is 6.54 Å². The highest BCUT2D eigenvalue weighted by Crippen LogP contribution is 2.27. The molecule has 100 valence electrons. The van der Waals surface area contributed by atoms with E-state index in [2.05, 4.69) is 15.7 Å². The van der Waals surface area contributed by atoms with Gasteiger partial charge in [0.25, 0.3) is 0 Å². The average molecular weight is 255 g/mol. The third-order valence-corrected chi connectivity index (χ3v) is 2.89. The van der Waals surface area contributed by atoms with Crippen molar-refractivity contribution in [1.82, 2.24) is 15.1 Å². The Hall–Kier alpha value is -1.67. The minimum atomic E-state index is -0.407. The SMILES string of the molecule is Cc1nn(C)c(NCC2COCCN2)c1[N+](=O)[O-]. The third-order valence-electron chi connectivity index (χ3n) is 2.89.